The number of fused-ring (bicyclic) bond motifs is 2. The van der Waals surface area contributed by atoms with Gasteiger partial charge in [0.1, 0.15) is 11.5 Å². The van der Waals surface area contributed by atoms with Crippen LogP contribution in [-0.2, 0) is 6.42 Å². The van der Waals surface area contributed by atoms with Gasteiger partial charge in [-0.1, -0.05) is 11.8 Å². The van der Waals surface area contributed by atoms with Crippen molar-refractivity contribution < 1.29 is 14.3 Å². The number of hydrogen-bond donors (Lipinski definition) is 1. The van der Waals surface area contributed by atoms with Gasteiger partial charge in [0.25, 0.3) is 0 Å². The van der Waals surface area contributed by atoms with Gasteiger partial charge in [-0.15, -0.1) is 0 Å². The molecule has 6 heteroatoms. The van der Waals surface area contributed by atoms with E-state index in [0.717, 1.165) is 45.2 Å². The van der Waals surface area contributed by atoms with Crippen molar-refractivity contribution in [2.75, 3.05) is 19.5 Å². The predicted molar refractivity (Wildman–Crippen MR) is 93.3 cm³/mol. The van der Waals surface area contributed by atoms with Crippen molar-refractivity contribution in [1.82, 2.24) is 9.97 Å². The van der Waals surface area contributed by atoms with Crippen molar-refractivity contribution in [2.24, 2.45) is 0 Å². The SMILES string of the molecule is COc1ccc2nc(SCC(=O)c3ccc4c(c3)CCO4)[nH]c2c1. The first-order valence-electron chi connectivity index (χ1n) is 7.68. The summed E-state index contributed by atoms with van der Waals surface area (Å²) in [7, 11) is 1.63. The predicted octanol–water partition coefficient (Wildman–Crippen LogP) is 3.48. The molecule has 0 saturated carbocycles. The number of thioether (sulfide) groups is 1. The lowest BCUT2D eigenvalue weighted by atomic mass is 10.1. The van der Waals surface area contributed by atoms with E-state index in [2.05, 4.69) is 9.97 Å². The first-order valence-corrected chi connectivity index (χ1v) is 8.67. The van der Waals surface area contributed by atoms with E-state index in [4.69, 9.17) is 9.47 Å². The van der Waals surface area contributed by atoms with E-state index in [-0.39, 0.29) is 5.78 Å². The molecule has 122 valence electrons. The second kappa shape index (κ2) is 6.20. The molecule has 0 atom stereocenters. The molecule has 0 unspecified atom stereocenters. The van der Waals surface area contributed by atoms with Crippen molar-refractivity contribution in [3.8, 4) is 11.5 Å². The largest absolute Gasteiger partial charge is 0.497 e. The Balaban J connectivity index is 1.47. The van der Waals surface area contributed by atoms with Crippen molar-refractivity contribution in [2.45, 2.75) is 11.6 Å². The summed E-state index contributed by atoms with van der Waals surface area (Å²) in [5.41, 5.74) is 3.60. The van der Waals surface area contributed by atoms with Gasteiger partial charge in [0.15, 0.2) is 10.9 Å². The fraction of sp³-hybridized carbons (Fsp3) is 0.222. The van der Waals surface area contributed by atoms with Crippen molar-refractivity contribution in [3.05, 3.63) is 47.5 Å². The van der Waals surface area contributed by atoms with Crippen LogP contribution in [0, 0.1) is 0 Å². The van der Waals surface area contributed by atoms with Crippen LogP contribution in [0.25, 0.3) is 11.0 Å². The third-order valence-electron chi connectivity index (χ3n) is 4.02. The highest BCUT2D eigenvalue weighted by Gasteiger charge is 2.15. The summed E-state index contributed by atoms with van der Waals surface area (Å²) < 4.78 is 10.7. The molecule has 5 nitrogen and oxygen atoms in total. The van der Waals surface area contributed by atoms with Crippen molar-refractivity contribution >= 4 is 28.6 Å². The van der Waals surface area contributed by atoms with Crippen LogP contribution < -0.4 is 9.47 Å². The Hall–Kier alpha value is -2.47. The molecule has 0 saturated heterocycles. The Morgan fingerprint density at radius 1 is 1.33 bits per heavy atom. The number of ether oxygens (including phenoxy) is 2. The van der Waals surface area contributed by atoms with Crippen LogP contribution in [0.5, 0.6) is 11.5 Å². The molecule has 0 bridgehead atoms. The molecule has 2 heterocycles. The monoisotopic (exact) mass is 340 g/mol. The topological polar surface area (TPSA) is 64.2 Å². The lowest BCUT2D eigenvalue weighted by molar-refractivity contribution is 0.102. The minimum atomic E-state index is 0.0905. The minimum absolute atomic E-state index is 0.0905. The number of aromatic amines is 1. The average Bonchev–Trinajstić information content (AvgIpc) is 3.24. The maximum absolute atomic E-state index is 12.4. The molecular formula is C18H16N2O3S. The summed E-state index contributed by atoms with van der Waals surface area (Å²) in [6, 6.07) is 11.3. The van der Waals surface area contributed by atoms with Crippen LogP contribution in [0.15, 0.2) is 41.6 Å². The number of carbonyl (C=O) groups is 1. The summed E-state index contributed by atoms with van der Waals surface area (Å²) in [4.78, 5) is 20.1. The number of benzene rings is 2. The molecule has 3 aromatic rings. The summed E-state index contributed by atoms with van der Waals surface area (Å²) in [6.45, 7) is 0.699. The van der Waals surface area contributed by atoms with E-state index >= 15 is 0 Å². The number of hydrogen-bond acceptors (Lipinski definition) is 5. The normalized spacial score (nSPS) is 12.9. The molecule has 2 aromatic carbocycles. The Labute approximate surface area is 143 Å². The smallest absolute Gasteiger partial charge is 0.173 e. The van der Waals surface area contributed by atoms with Crippen molar-refractivity contribution in [3.63, 3.8) is 0 Å². The van der Waals surface area contributed by atoms with E-state index < -0.39 is 0 Å². The van der Waals surface area contributed by atoms with Crippen LogP contribution in [0.2, 0.25) is 0 Å². The lowest BCUT2D eigenvalue weighted by Crippen LogP contribution is -2.03. The maximum atomic E-state index is 12.4. The van der Waals surface area contributed by atoms with Crippen LogP contribution in [0.4, 0.5) is 0 Å². The van der Waals surface area contributed by atoms with E-state index in [0.29, 0.717) is 12.4 Å². The molecule has 0 amide bonds. The van der Waals surface area contributed by atoms with Gasteiger partial charge in [0.05, 0.1) is 30.5 Å². The number of ketones is 1. The fourth-order valence-electron chi connectivity index (χ4n) is 2.74. The van der Waals surface area contributed by atoms with E-state index in [1.54, 1.807) is 7.11 Å². The number of carbonyl (C=O) groups excluding carboxylic acids is 1. The van der Waals surface area contributed by atoms with Crippen molar-refractivity contribution in [1.29, 1.82) is 0 Å². The quantitative estimate of drug-likeness (QED) is 0.569. The number of Topliss-reactive ketones (excluding diaryl/α,β-unsaturated/α-hetero) is 1. The Bertz CT molecular complexity index is 920. The zero-order valence-electron chi connectivity index (χ0n) is 13.2. The molecular weight excluding hydrogens is 324 g/mol. The molecule has 1 aliphatic heterocycles. The standard InChI is InChI=1S/C18H16N2O3S/c1-22-13-3-4-14-15(9-13)20-18(19-14)24-10-16(21)11-2-5-17-12(8-11)6-7-23-17/h2-5,8-9H,6-7,10H2,1H3,(H,19,20). The third kappa shape index (κ3) is 2.85. The molecule has 24 heavy (non-hydrogen) atoms. The number of imidazole rings is 1. The molecule has 1 aliphatic rings. The first-order chi connectivity index (χ1) is 11.7. The molecule has 0 spiro atoms. The highest BCUT2D eigenvalue weighted by molar-refractivity contribution is 7.99. The lowest BCUT2D eigenvalue weighted by Gasteiger charge is -2.03. The molecule has 0 fully saturated rings. The van der Waals surface area contributed by atoms with Gasteiger partial charge in [-0.3, -0.25) is 4.79 Å². The maximum Gasteiger partial charge on any atom is 0.173 e. The number of H-pyrrole nitrogens is 1. The van der Waals surface area contributed by atoms with Gasteiger partial charge in [-0.05, 0) is 35.9 Å². The zero-order valence-corrected chi connectivity index (χ0v) is 14.0. The van der Waals surface area contributed by atoms with Crippen LogP contribution in [0.3, 0.4) is 0 Å². The summed E-state index contributed by atoms with van der Waals surface area (Å²) >= 11 is 1.41. The number of nitrogens with zero attached hydrogens (tertiary/aromatic N) is 1. The second-order valence-electron chi connectivity index (χ2n) is 5.56. The number of rotatable bonds is 5. The Kier molecular flexibility index (Phi) is 3.90. The highest BCUT2D eigenvalue weighted by Crippen LogP contribution is 2.27. The summed E-state index contributed by atoms with van der Waals surface area (Å²) in [6.07, 6.45) is 0.870. The Morgan fingerprint density at radius 3 is 3.12 bits per heavy atom. The van der Waals surface area contributed by atoms with Gasteiger partial charge in [-0.2, -0.15) is 0 Å². The minimum Gasteiger partial charge on any atom is -0.497 e. The molecule has 0 radical (unpaired) electrons. The van der Waals surface area contributed by atoms with Gasteiger partial charge in [-0.25, -0.2) is 4.98 Å². The molecule has 4 rings (SSSR count). The number of aromatic nitrogens is 2. The fourth-order valence-corrected chi connectivity index (χ4v) is 3.52. The van der Waals surface area contributed by atoms with Crippen LogP contribution in [-0.4, -0.2) is 35.2 Å². The zero-order chi connectivity index (χ0) is 16.5. The second-order valence-corrected chi connectivity index (χ2v) is 6.52. The van der Waals surface area contributed by atoms with E-state index in [1.807, 2.05) is 36.4 Å². The Morgan fingerprint density at radius 2 is 2.25 bits per heavy atom. The van der Waals surface area contributed by atoms with E-state index in [1.165, 1.54) is 11.8 Å². The third-order valence-corrected chi connectivity index (χ3v) is 4.89. The van der Waals surface area contributed by atoms with E-state index in [9.17, 15) is 4.79 Å². The van der Waals surface area contributed by atoms with Gasteiger partial charge in [0, 0.05) is 18.1 Å². The van der Waals surface area contributed by atoms with Gasteiger partial charge >= 0.3 is 0 Å². The number of nitrogens with one attached hydrogen (secondary N) is 1. The average molecular weight is 340 g/mol. The van der Waals surface area contributed by atoms with Gasteiger partial charge < -0.3 is 14.5 Å². The number of methoxy groups -OCH3 is 1. The van der Waals surface area contributed by atoms with Gasteiger partial charge in [0.2, 0.25) is 0 Å². The molecule has 0 aliphatic carbocycles. The summed E-state index contributed by atoms with van der Waals surface area (Å²) in [5, 5.41) is 0.732. The molecule has 1 aromatic heterocycles. The first kappa shape index (κ1) is 15.1. The highest BCUT2D eigenvalue weighted by atomic mass is 32.2. The van der Waals surface area contributed by atoms with Crippen LogP contribution >= 0.6 is 11.8 Å². The molecule has 1 N–H and O–H groups in total. The van der Waals surface area contributed by atoms with Crippen LogP contribution in [0.1, 0.15) is 15.9 Å². The summed E-state index contributed by atoms with van der Waals surface area (Å²) in [5.74, 6) is 2.11.